The second-order valence-electron chi connectivity index (χ2n) is 3.03. The zero-order chi connectivity index (χ0) is 9.80. The molecule has 0 saturated carbocycles. The topological polar surface area (TPSA) is 50.8 Å². The number of aryl methyl sites for hydroxylation is 1. The third-order valence-corrected chi connectivity index (χ3v) is 1.86. The van der Waals surface area contributed by atoms with Gasteiger partial charge in [-0.25, -0.2) is 4.98 Å². The molecule has 0 aliphatic heterocycles. The number of aromatic amines is 1. The van der Waals surface area contributed by atoms with Gasteiger partial charge in [-0.1, -0.05) is 17.7 Å². The van der Waals surface area contributed by atoms with Crippen molar-refractivity contribution in [2.24, 2.45) is 0 Å². The fraction of sp³-hybridized carbons (Fsp3) is 0.200. The van der Waals surface area contributed by atoms with Crippen LogP contribution in [0.1, 0.15) is 11.4 Å². The molecule has 0 aliphatic carbocycles. The molecule has 4 nitrogen and oxygen atoms in total. The summed E-state index contributed by atoms with van der Waals surface area (Å²) in [5.41, 5.74) is 1.22. The Labute approximate surface area is 81.9 Å². The molecule has 0 saturated heterocycles. The predicted octanol–water partition coefficient (Wildman–Crippen LogP) is 1.69. The minimum absolute atomic E-state index is 0.420. The lowest BCUT2D eigenvalue weighted by Gasteiger charge is -2.03. The van der Waals surface area contributed by atoms with Crippen LogP contribution in [0.15, 0.2) is 30.6 Å². The Kier molecular flexibility index (Phi) is 2.44. The second kappa shape index (κ2) is 3.91. The highest BCUT2D eigenvalue weighted by Gasteiger charge is 1.96. The third kappa shape index (κ3) is 2.10. The van der Waals surface area contributed by atoms with E-state index in [1.165, 1.54) is 11.9 Å². The van der Waals surface area contributed by atoms with E-state index in [0.717, 1.165) is 11.6 Å². The van der Waals surface area contributed by atoms with Crippen molar-refractivity contribution in [1.29, 1.82) is 0 Å². The maximum atomic E-state index is 5.47. The van der Waals surface area contributed by atoms with Crippen molar-refractivity contribution in [3.8, 4) is 5.75 Å². The summed E-state index contributed by atoms with van der Waals surface area (Å²) in [6.45, 7) is 2.46. The lowest BCUT2D eigenvalue weighted by Crippen LogP contribution is -1.97. The molecule has 0 amide bonds. The van der Waals surface area contributed by atoms with Gasteiger partial charge in [-0.2, -0.15) is 5.10 Å². The van der Waals surface area contributed by atoms with Crippen molar-refractivity contribution in [3.05, 3.63) is 42.0 Å². The smallest absolute Gasteiger partial charge is 0.162 e. The molecule has 72 valence electrons. The van der Waals surface area contributed by atoms with E-state index in [-0.39, 0.29) is 0 Å². The van der Waals surface area contributed by atoms with Crippen LogP contribution in [-0.2, 0) is 6.61 Å². The number of hydrogen-bond acceptors (Lipinski definition) is 3. The van der Waals surface area contributed by atoms with Gasteiger partial charge in [0.25, 0.3) is 0 Å². The second-order valence-corrected chi connectivity index (χ2v) is 3.03. The first-order valence-electron chi connectivity index (χ1n) is 4.38. The van der Waals surface area contributed by atoms with Crippen LogP contribution >= 0.6 is 0 Å². The molecule has 0 unspecified atom stereocenters. The van der Waals surface area contributed by atoms with Crippen LogP contribution in [0.2, 0.25) is 0 Å². The molecular formula is C10H11N3O. The molecule has 0 radical (unpaired) electrons. The van der Waals surface area contributed by atoms with Crippen molar-refractivity contribution in [2.45, 2.75) is 13.5 Å². The van der Waals surface area contributed by atoms with E-state index in [4.69, 9.17) is 4.74 Å². The van der Waals surface area contributed by atoms with Crippen LogP contribution < -0.4 is 4.74 Å². The van der Waals surface area contributed by atoms with E-state index in [2.05, 4.69) is 15.2 Å². The summed E-state index contributed by atoms with van der Waals surface area (Å²) in [7, 11) is 0. The minimum atomic E-state index is 0.420. The van der Waals surface area contributed by atoms with Crippen LogP contribution in [0.5, 0.6) is 5.75 Å². The summed E-state index contributed by atoms with van der Waals surface area (Å²) < 4.78 is 5.47. The Bertz CT molecular complexity index is 380. The average Bonchev–Trinajstić information content (AvgIpc) is 2.70. The molecule has 0 aliphatic rings. The molecule has 0 atom stereocenters. The predicted molar refractivity (Wildman–Crippen MR) is 51.9 cm³/mol. The van der Waals surface area contributed by atoms with Crippen molar-refractivity contribution in [2.75, 3.05) is 0 Å². The van der Waals surface area contributed by atoms with Crippen LogP contribution in [0.4, 0.5) is 0 Å². The maximum Gasteiger partial charge on any atom is 0.162 e. The molecule has 2 aromatic rings. The first-order valence-corrected chi connectivity index (χ1v) is 4.38. The summed E-state index contributed by atoms with van der Waals surface area (Å²) in [6.07, 6.45) is 1.47. The average molecular weight is 189 g/mol. The van der Waals surface area contributed by atoms with Crippen molar-refractivity contribution < 1.29 is 4.74 Å². The number of benzene rings is 1. The van der Waals surface area contributed by atoms with E-state index < -0.39 is 0 Å². The fourth-order valence-electron chi connectivity index (χ4n) is 1.09. The van der Waals surface area contributed by atoms with E-state index in [1.807, 2.05) is 31.2 Å². The van der Waals surface area contributed by atoms with Gasteiger partial charge in [-0.15, -0.1) is 0 Å². The molecule has 0 spiro atoms. The Hall–Kier alpha value is -1.84. The lowest BCUT2D eigenvalue weighted by molar-refractivity contribution is 0.296. The van der Waals surface area contributed by atoms with Crippen molar-refractivity contribution >= 4 is 0 Å². The largest absolute Gasteiger partial charge is 0.486 e. The Balaban J connectivity index is 1.95. The van der Waals surface area contributed by atoms with Gasteiger partial charge in [-0.3, -0.25) is 5.10 Å². The van der Waals surface area contributed by atoms with Crippen molar-refractivity contribution in [1.82, 2.24) is 15.2 Å². The van der Waals surface area contributed by atoms with Gasteiger partial charge >= 0.3 is 0 Å². The van der Waals surface area contributed by atoms with Gasteiger partial charge in [0, 0.05) is 0 Å². The van der Waals surface area contributed by atoms with Gasteiger partial charge in [0.15, 0.2) is 5.82 Å². The van der Waals surface area contributed by atoms with E-state index >= 15 is 0 Å². The number of aromatic nitrogens is 3. The Morgan fingerprint density at radius 2 is 2.07 bits per heavy atom. The van der Waals surface area contributed by atoms with Crippen LogP contribution in [-0.4, -0.2) is 15.2 Å². The zero-order valence-corrected chi connectivity index (χ0v) is 7.90. The number of rotatable bonds is 3. The molecule has 2 rings (SSSR count). The molecule has 1 heterocycles. The van der Waals surface area contributed by atoms with Crippen LogP contribution in [0.25, 0.3) is 0 Å². The minimum Gasteiger partial charge on any atom is -0.486 e. The number of nitrogens with zero attached hydrogens (tertiary/aromatic N) is 2. The summed E-state index contributed by atoms with van der Waals surface area (Å²) >= 11 is 0. The molecule has 1 aromatic carbocycles. The van der Waals surface area contributed by atoms with Gasteiger partial charge in [-0.05, 0) is 19.1 Å². The van der Waals surface area contributed by atoms with Gasteiger partial charge in [0.05, 0.1) is 0 Å². The number of nitrogens with one attached hydrogen (secondary N) is 1. The maximum absolute atomic E-state index is 5.47. The standard InChI is InChI=1S/C10H11N3O/c1-8-2-4-9(5-3-8)14-6-10-11-7-12-13-10/h2-5,7H,6H2,1H3,(H,11,12,13). The SMILES string of the molecule is Cc1ccc(OCc2ncn[nH]2)cc1. The first kappa shape index (κ1) is 8.74. The quantitative estimate of drug-likeness (QED) is 0.799. The third-order valence-electron chi connectivity index (χ3n) is 1.86. The molecule has 0 fully saturated rings. The first-order chi connectivity index (χ1) is 6.84. The fourth-order valence-corrected chi connectivity index (χ4v) is 1.09. The van der Waals surface area contributed by atoms with E-state index in [1.54, 1.807) is 0 Å². The number of H-pyrrole nitrogens is 1. The number of hydrogen-bond donors (Lipinski definition) is 1. The van der Waals surface area contributed by atoms with Gasteiger partial charge in [0.1, 0.15) is 18.7 Å². The Morgan fingerprint density at radius 1 is 1.29 bits per heavy atom. The molecular weight excluding hydrogens is 178 g/mol. The molecule has 0 bridgehead atoms. The van der Waals surface area contributed by atoms with Crippen LogP contribution in [0, 0.1) is 6.92 Å². The summed E-state index contributed by atoms with van der Waals surface area (Å²) in [5, 5.41) is 6.47. The molecule has 1 N–H and O–H groups in total. The van der Waals surface area contributed by atoms with Gasteiger partial charge < -0.3 is 4.74 Å². The van der Waals surface area contributed by atoms with E-state index in [9.17, 15) is 0 Å². The Morgan fingerprint density at radius 3 is 2.71 bits per heavy atom. The highest BCUT2D eigenvalue weighted by Crippen LogP contribution is 2.12. The highest BCUT2D eigenvalue weighted by atomic mass is 16.5. The summed E-state index contributed by atoms with van der Waals surface area (Å²) in [4.78, 5) is 3.96. The molecule has 14 heavy (non-hydrogen) atoms. The van der Waals surface area contributed by atoms with Crippen molar-refractivity contribution in [3.63, 3.8) is 0 Å². The van der Waals surface area contributed by atoms with Crippen LogP contribution in [0.3, 0.4) is 0 Å². The summed E-state index contributed by atoms with van der Waals surface area (Å²) in [5.74, 6) is 1.57. The monoisotopic (exact) mass is 189 g/mol. The lowest BCUT2D eigenvalue weighted by atomic mass is 10.2. The normalized spacial score (nSPS) is 10.1. The highest BCUT2D eigenvalue weighted by molar-refractivity contribution is 5.26. The molecule has 1 aromatic heterocycles. The molecule has 4 heteroatoms. The van der Waals surface area contributed by atoms with Gasteiger partial charge in [0.2, 0.25) is 0 Å². The van der Waals surface area contributed by atoms with E-state index in [0.29, 0.717) is 6.61 Å². The zero-order valence-electron chi connectivity index (χ0n) is 7.90. The number of ether oxygens (including phenoxy) is 1. The summed E-state index contributed by atoms with van der Waals surface area (Å²) in [6, 6.07) is 7.89.